The van der Waals surface area contributed by atoms with Crippen molar-refractivity contribution in [3.63, 3.8) is 0 Å². The zero-order chi connectivity index (χ0) is 14.8. The molecule has 2 rings (SSSR count). The van der Waals surface area contributed by atoms with Gasteiger partial charge in [-0.15, -0.1) is 11.3 Å². The SMILES string of the molecule is CCCNC1(c2nc(C)c(C)s2)CCCC(C)(C)CC1. The Labute approximate surface area is 128 Å². The third kappa shape index (κ3) is 3.43. The van der Waals surface area contributed by atoms with Gasteiger partial charge >= 0.3 is 0 Å². The van der Waals surface area contributed by atoms with Gasteiger partial charge in [0, 0.05) is 4.88 Å². The van der Waals surface area contributed by atoms with Crippen LogP contribution < -0.4 is 5.32 Å². The summed E-state index contributed by atoms with van der Waals surface area (Å²) in [7, 11) is 0. The fraction of sp³-hybridized carbons (Fsp3) is 0.824. The van der Waals surface area contributed by atoms with Crippen LogP contribution in [0.3, 0.4) is 0 Å². The Morgan fingerprint density at radius 1 is 1.15 bits per heavy atom. The molecule has 1 aromatic rings. The largest absolute Gasteiger partial charge is 0.305 e. The van der Waals surface area contributed by atoms with Gasteiger partial charge in [0.25, 0.3) is 0 Å². The van der Waals surface area contributed by atoms with Gasteiger partial charge in [0.15, 0.2) is 0 Å². The molecule has 0 radical (unpaired) electrons. The molecule has 0 bridgehead atoms. The van der Waals surface area contributed by atoms with E-state index in [-0.39, 0.29) is 5.54 Å². The predicted octanol–water partition coefficient (Wildman–Crippen LogP) is 4.95. The summed E-state index contributed by atoms with van der Waals surface area (Å²) in [5.41, 5.74) is 1.83. The molecule has 3 heteroatoms. The second-order valence-corrected chi connectivity index (χ2v) is 8.39. The standard InChI is InChI=1S/C17H30N2S/c1-6-12-18-17(15-19-13(2)14(3)20-15)9-7-8-16(4,5)10-11-17/h18H,6-12H2,1-5H3. The van der Waals surface area contributed by atoms with Crippen molar-refractivity contribution in [2.75, 3.05) is 6.54 Å². The molecular weight excluding hydrogens is 264 g/mol. The molecule has 1 unspecified atom stereocenters. The van der Waals surface area contributed by atoms with Crippen molar-refractivity contribution in [1.82, 2.24) is 10.3 Å². The minimum atomic E-state index is 0.132. The Kier molecular flexibility index (Phi) is 4.91. The van der Waals surface area contributed by atoms with Crippen LogP contribution in [0, 0.1) is 19.3 Å². The molecule has 1 aliphatic carbocycles. The number of rotatable bonds is 4. The van der Waals surface area contributed by atoms with Gasteiger partial charge in [-0.25, -0.2) is 4.98 Å². The number of hydrogen-bond acceptors (Lipinski definition) is 3. The fourth-order valence-corrected chi connectivity index (χ4v) is 4.32. The molecule has 1 aromatic heterocycles. The van der Waals surface area contributed by atoms with Gasteiger partial charge in [-0.1, -0.05) is 27.2 Å². The van der Waals surface area contributed by atoms with Crippen LogP contribution >= 0.6 is 11.3 Å². The van der Waals surface area contributed by atoms with E-state index in [0.717, 1.165) is 6.54 Å². The normalized spacial score (nSPS) is 26.4. The Hall–Kier alpha value is -0.410. The Balaban J connectivity index is 2.30. The molecular formula is C17H30N2S. The molecule has 0 amide bonds. The Bertz CT molecular complexity index is 430. The maximum atomic E-state index is 4.90. The maximum Gasteiger partial charge on any atom is 0.113 e. The highest BCUT2D eigenvalue weighted by molar-refractivity contribution is 7.11. The number of nitrogens with one attached hydrogen (secondary N) is 1. The molecule has 0 spiro atoms. The van der Waals surface area contributed by atoms with E-state index in [4.69, 9.17) is 4.98 Å². The van der Waals surface area contributed by atoms with Crippen molar-refractivity contribution in [2.45, 2.75) is 78.7 Å². The highest BCUT2D eigenvalue weighted by Gasteiger charge is 2.38. The maximum absolute atomic E-state index is 4.90. The molecule has 1 atom stereocenters. The van der Waals surface area contributed by atoms with Crippen LogP contribution in [-0.2, 0) is 5.54 Å². The topological polar surface area (TPSA) is 24.9 Å². The van der Waals surface area contributed by atoms with Gasteiger partial charge in [-0.05, 0) is 57.9 Å². The van der Waals surface area contributed by atoms with E-state index >= 15 is 0 Å². The van der Waals surface area contributed by atoms with E-state index in [1.165, 1.54) is 54.1 Å². The molecule has 2 nitrogen and oxygen atoms in total. The second-order valence-electron chi connectivity index (χ2n) is 7.19. The zero-order valence-electron chi connectivity index (χ0n) is 13.8. The smallest absolute Gasteiger partial charge is 0.113 e. The lowest BCUT2D eigenvalue weighted by molar-refractivity contribution is 0.264. The minimum Gasteiger partial charge on any atom is -0.305 e. The van der Waals surface area contributed by atoms with E-state index < -0.39 is 0 Å². The van der Waals surface area contributed by atoms with E-state index in [9.17, 15) is 0 Å². The van der Waals surface area contributed by atoms with Gasteiger partial charge < -0.3 is 5.32 Å². The molecule has 114 valence electrons. The first-order chi connectivity index (χ1) is 9.38. The van der Waals surface area contributed by atoms with Crippen molar-refractivity contribution in [3.8, 4) is 0 Å². The van der Waals surface area contributed by atoms with Crippen molar-refractivity contribution in [3.05, 3.63) is 15.6 Å². The summed E-state index contributed by atoms with van der Waals surface area (Å²) in [6.45, 7) is 12.5. The van der Waals surface area contributed by atoms with Crippen LogP contribution in [0.5, 0.6) is 0 Å². The summed E-state index contributed by atoms with van der Waals surface area (Å²) < 4.78 is 0. The molecule has 1 N–H and O–H groups in total. The van der Waals surface area contributed by atoms with Crippen LogP contribution in [0.1, 0.15) is 74.9 Å². The average molecular weight is 295 g/mol. The fourth-order valence-electron chi connectivity index (χ4n) is 3.18. The first-order valence-corrected chi connectivity index (χ1v) is 8.90. The van der Waals surface area contributed by atoms with Crippen LogP contribution in [0.15, 0.2) is 0 Å². The quantitative estimate of drug-likeness (QED) is 0.795. The van der Waals surface area contributed by atoms with Gasteiger partial charge in [-0.2, -0.15) is 0 Å². The van der Waals surface area contributed by atoms with Crippen molar-refractivity contribution >= 4 is 11.3 Å². The third-order valence-corrected chi connectivity index (χ3v) is 6.11. The molecule has 1 fully saturated rings. The Morgan fingerprint density at radius 2 is 1.90 bits per heavy atom. The highest BCUT2D eigenvalue weighted by Crippen LogP contribution is 2.44. The van der Waals surface area contributed by atoms with E-state index in [1.807, 2.05) is 11.3 Å². The van der Waals surface area contributed by atoms with Gasteiger partial charge in [0.05, 0.1) is 11.2 Å². The minimum absolute atomic E-state index is 0.132. The molecule has 0 aromatic carbocycles. The number of aromatic nitrogens is 1. The first kappa shape index (κ1) is 16.0. The predicted molar refractivity (Wildman–Crippen MR) is 88.4 cm³/mol. The lowest BCUT2D eigenvalue weighted by Crippen LogP contribution is -2.42. The average Bonchev–Trinajstić information content (AvgIpc) is 2.64. The second kappa shape index (κ2) is 6.15. The van der Waals surface area contributed by atoms with Gasteiger partial charge in [-0.3, -0.25) is 0 Å². The zero-order valence-corrected chi connectivity index (χ0v) is 14.6. The first-order valence-electron chi connectivity index (χ1n) is 8.08. The van der Waals surface area contributed by atoms with Crippen molar-refractivity contribution in [2.24, 2.45) is 5.41 Å². The van der Waals surface area contributed by atoms with Crippen LogP contribution in [-0.4, -0.2) is 11.5 Å². The molecule has 1 saturated carbocycles. The van der Waals surface area contributed by atoms with E-state index in [2.05, 4.69) is 39.9 Å². The summed E-state index contributed by atoms with van der Waals surface area (Å²) in [4.78, 5) is 6.28. The summed E-state index contributed by atoms with van der Waals surface area (Å²) in [5.74, 6) is 0. The lowest BCUT2D eigenvalue weighted by Gasteiger charge is -2.33. The third-order valence-electron chi connectivity index (χ3n) is 4.84. The van der Waals surface area contributed by atoms with Gasteiger partial charge in [0.2, 0.25) is 0 Å². The molecule has 1 heterocycles. The molecule has 1 aliphatic rings. The monoisotopic (exact) mass is 294 g/mol. The summed E-state index contributed by atoms with van der Waals surface area (Å²) in [6, 6.07) is 0. The van der Waals surface area contributed by atoms with E-state index in [1.54, 1.807) is 0 Å². The Morgan fingerprint density at radius 3 is 2.50 bits per heavy atom. The van der Waals surface area contributed by atoms with Crippen molar-refractivity contribution in [1.29, 1.82) is 0 Å². The number of nitrogens with zero attached hydrogens (tertiary/aromatic N) is 1. The van der Waals surface area contributed by atoms with Crippen LogP contribution in [0.25, 0.3) is 0 Å². The van der Waals surface area contributed by atoms with Crippen LogP contribution in [0.2, 0.25) is 0 Å². The molecule has 0 aliphatic heterocycles. The van der Waals surface area contributed by atoms with Crippen molar-refractivity contribution < 1.29 is 0 Å². The van der Waals surface area contributed by atoms with E-state index in [0.29, 0.717) is 5.41 Å². The van der Waals surface area contributed by atoms with Gasteiger partial charge in [0.1, 0.15) is 5.01 Å². The summed E-state index contributed by atoms with van der Waals surface area (Å²) in [5, 5.41) is 5.20. The summed E-state index contributed by atoms with van der Waals surface area (Å²) in [6.07, 6.45) is 7.60. The van der Waals surface area contributed by atoms with Crippen LogP contribution in [0.4, 0.5) is 0 Å². The summed E-state index contributed by atoms with van der Waals surface area (Å²) >= 11 is 1.91. The highest BCUT2D eigenvalue weighted by atomic mass is 32.1. The number of thiazole rings is 1. The number of hydrogen-bond donors (Lipinski definition) is 1. The molecule has 0 saturated heterocycles. The molecule has 20 heavy (non-hydrogen) atoms. The lowest BCUT2D eigenvalue weighted by atomic mass is 9.83. The number of aryl methyl sites for hydroxylation is 2.